The largest absolute Gasteiger partial charge is 0.490 e. The monoisotopic (exact) mass is 425 g/mol. The standard InChI is InChI=1S/C27H23NO4/c1-3-16-31-24-15-10-19(18-25(24)30-4-2)17-23-27(29)32-26(28-23)22-13-11-21(12-14-22)20-8-6-5-7-9-20/h3,5-15,17-18H,1,4,16H2,2H3/b23-17-. The number of esters is 1. The first-order valence-corrected chi connectivity index (χ1v) is 10.4. The van der Waals surface area contributed by atoms with Gasteiger partial charge in [0.05, 0.1) is 6.61 Å². The minimum Gasteiger partial charge on any atom is -0.490 e. The highest BCUT2D eigenvalue weighted by atomic mass is 16.6. The minimum absolute atomic E-state index is 0.231. The first-order valence-electron chi connectivity index (χ1n) is 10.4. The first-order chi connectivity index (χ1) is 15.7. The molecular formula is C27H23NO4. The van der Waals surface area contributed by atoms with Crippen molar-refractivity contribution in [3.05, 3.63) is 102 Å². The van der Waals surface area contributed by atoms with Crippen molar-refractivity contribution in [1.29, 1.82) is 0 Å². The van der Waals surface area contributed by atoms with Crippen molar-refractivity contribution in [3.8, 4) is 22.6 Å². The van der Waals surface area contributed by atoms with Crippen molar-refractivity contribution in [2.24, 2.45) is 4.99 Å². The van der Waals surface area contributed by atoms with Gasteiger partial charge in [0.25, 0.3) is 0 Å². The van der Waals surface area contributed by atoms with Gasteiger partial charge in [0.15, 0.2) is 17.2 Å². The van der Waals surface area contributed by atoms with Crippen molar-refractivity contribution in [1.82, 2.24) is 0 Å². The highest BCUT2D eigenvalue weighted by Crippen LogP contribution is 2.30. The molecule has 5 nitrogen and oxygen atoms in total. The van der Waals surface area contributed by atoms with E-state index in [-0.39, 0.29) is 11.6 Å². The van der Waals surface area contributed by atoms with Gasteiger partial charge in [-0.1, -0.05) is 61.2 Å². The lowest BCUT2D eigenvalue weighted by Crippen LogP contribution is -2.05. The molecule has 0 saturated heterocycles. The van der Waals surface area contributed by atoms with Gasteiger partial charge in [-0.05, 0) is 54.0 Å². The molecule has 0 saturated carbocycles. The molecule has 0 unspecified atom stereocenters. The van der Waals surface area contributed by atoms with Gasteiger partial charge >= 0.3 is 5.97 Å². The van der Waals surface area contributed by atoms with Crippen LogP contribution in [0, 0.1) is 0 Å². The summed E-state index contributed by atoms with van der Waals surface area (Å²) in [6, 6.07) is 23.3. The van der Waals surface area contributed by atoms with E-state index in [2.05, 4.69) is 11.6 Å². The molecule has 0 spiro atoms. The fraction of sp³-hybridized carbons (Fsp3) is 0.111. The van der Waals surface area contributed by atoms with Crippen LogP contribution >= 0.6 is 0 Å². The molecule has 0 N–H and O–H groups in total. The molecule has 0 atom stereocenters. The van der Waals surface area contributed by atoms with Gasteiger partial charge in [-0.3, -0.25) is 0 Å². The van der Waals surface area contributed by atoms with Crippen molar-refractivity contribution in [3.63, 3.8) is 0 Å². The Labute approximate surface area is 187 Å². The highest BCUT2D eigenvalue weighted by Gasteiger charge is 2.24. The Balaban J connectivity index is 1.57. The Bertz CT molecular complexity index is 1180. The normalized spacial score (nSPS) is 14.1. The van der Waals surface area contributed by atoms with E-state index in [0.717, 1.165) is 22.3 Å². The van der Waals surface area contributed by atoms with Gasteiger partial charge in [-0.15, -0.1) is 0 Å². The molecule has 4 rings (SSSR count). The predicted octanol–water partition coefficient (Wildman–Crippen LogP) is 5.66. The van der Waals surface area contributed by atoms with Gasteiger partial charge in [0.1, 0.15) is 6.61 Å². The average Bonchev–Trinajstić information content (AvgIpc) is 3.19. The summed E-state index contributed by atoms with van der Waals surface area (Å²) in [5.41, 5.74) is 3.93. The second kappa shape index (κ2) is 9.79. The Morgan fingerprint density at radius 2 is 1.62 bits per heavy atom. The fourth-order valence-corrected chi connectivity index (χ4v) is 3.28. The van der Waals surface area contributed by atoms with Crippen LogP contribution in [0.25, 0.3) is 17.2 Å². The molecule has 0 amide bonds. The number of benzene rings is 3. The van der Waals surface area contributed by atoms with Crippen LogP contribution < -0.4 is 9.47 Å². The highest BCUT2D eigenvalue weighted by molar-refractivity contribution is 6.13. The SMILES string of the molecule is C=CCOc1ccc(/C=C2\N=C(c3ccc(-c4ccccc4)cc3)OC2=O)cc1OCC. The van der Waals surface area contributed by atoms with E-state index in [1.54, 1.807) is 18.2 Å². The van der Waals surface area contributed by atoms with E-state index in [4.69, 9.17) is 14.2 Å². The maximum atomic E-state index is 12.4. The zero-order chi connectivity index (χ0) is 22.3. The van der Waals surface area contributed by atoms with Crippen molar-refractivity contribution in [2.75, 3.05) is 13.2 Å². The van der Waals surface area contributed by atoms with E-state index in [9.17, 15) is 4.79 Å². The molecule has 3 aromatic carbocycles. The third kappa shape index (κ3) is 4.78. The summed E-state index contributed by atoms with van der Waals surface area (Å²) in [5, 5.41) is 0. The summed E-state index contributed by atoms with van der Waals surface area (Å²) in [7, 11) is 0. The number of ether oxygens (including phenoxy) is 3. The number of nitrogens with zero attached hydrogens (tertiary/aromatic N) is 1. The lowest BCUT2D eigenvalue weighted by atomic mass is 10.0. The van der Waals surface area contributed by atoms with Crippen molar-refractivity contribution in [2.45, 2.75) is 6.92 Å². The van der Waals surface area contributed by atoms with Crippen LogP contribution in [0.3, 0.4) is 0 Å². The maximum Gasteiger partial charge on any atom is 0.363 e. The quantitative estimate of drug-likeness (QED) is 0.265. The average molecular weight is 425 g/mol. The molecule has 0 bridgehead atoms. The second-order valence-electron chi connectivity index (χ2n) is 7.02. The summed E-state index contributed by atoms with van der Waals surface area (Å²) in [6.45, 7) is 6.43. The summed E-state index contributed by atoms with van der Waals surface area (Å²) in [5.74, 6) is 1.01. The van der Waals surface area contributed by atoms with Gasteiger partial charge in [-0.25, -0.2) is 9.79 Å². The first kappa shape index (κ1) is 21.1. The summed E-state index contributed by atoms with van der Waals surface area (Å²) < 4.78 is 16.7. The third-order valence-corrected chi connectivity index (χ3v) is 4.79. The van der Waals surface area contributed by atoms with Gasteiger partial charge in [-0.2, -0.15) is 0 Å². The molecule has 32 heavy (non-hydrogen) atoms. The molecule has 3 aromatic rings. The summed E-state index contributed by atoms with van der Waals surface area (Å²) in [6.07, 6.45) is 3.34. The lowest BCUT2D eigenvalue weighted by molar-refractivity contribution is -0.129. The molecular weight excluding hydrogens is 402 g/mol. The number of carbonyl (C=O) groups is 1. The molecule has 0 radical (unpaired) electrons. The lowest BCUT2D eigenvalue weighted by Gasteiger charge is -2.11. The van der Waals surface area contributed by atoms with E-state index in [0.29, 0.717) is 24.7 Å². The number of aliphatic imine (C=N–C) groups is 1. The maximum absolute atomic E-state index is 12.4. The Morgan fingerprint density at radius 3 is 2.34 bits per heavy atom. The molecule has 1 aliphatic rings. The third-order valence-electron chi connectivity index (χ3n) is 4.79. The van der Waals surface area contributed by atoms with Gasteiger partial charge in [0.2, 0.25) is 5.90 Å². The molecule has 1 aliphatic heterocycles. The Morgan fingerprint density at radius 1 is 0.906 bits per heavy atom. The van der Waals surface area contributed by atoms with Crippen molar-refractivity contribution >= 4 is 17.9 Å². The van der Waals surface area contributed by atoms with Crippen LogP contribution in [0.15, 0.2) is 96.1 Å². The topological polar surface area (TPSA) is 57.1 Å². The van der Waals surface area contributed by atoms with Crippen LogP contribution in [0.5, 0.6) is 11.5 Å². The smallest absolute Gasteiger partial charge is 0.363 e. The minimum atomic E-state index is -0.489. The zero-order valence-electron chi connectivity index (χ0n) is 17.8. The fourth-order valence-electron chi connectivity index (χ4n) is 3.28. The number of rotatable bonds is 8. The molecule has 0 fully saturated rings. The van der Waals surface area contributed by atoms with E-state index in [1.807, 2.05) is 73.7 Å². The Kier molecular flexibility index (Phi) is 6.46. The van der Waals surface area contributed by atoms with E-state index >= 15 is 0 Å². The number of hydrogen-bond acceptors (Lipinski definition) is 5. The summed E-state index contributed by atoms with van der Waals surface area (Å²) in [4.78, 5) is 16.8. The van der Waals surface area contributed by atoms with Crippen molar-refractivity contribution < 1.29 is 19.0 Å². The zero-order valence-corrected chi connectivity index (χ0v) is 17.8. The Hall–Kier alpha value is -4.12. The summed E-state index contributed by atoms with van der Waals surface area (Å²) >= 11 is 0. The van der Waals surface area contributed by atoms with Gasteiger partial charge < -0.3 is 14.2 Å². The number of carbonyl (C=O) groups excluding carboxylic acids is 1. The van der Waals surface area contributed by atoms with Crippen LogP contribution in [-0.2, 0) is 9.53 Å². The number of cyclic esters (lactones) is 1. The van der Waals surface area contributed by atoms with Crippen LogP contribution in [0.2, 0.25) is 0 Å². The molecule has 5 heteroatoms. The van der Waals surface area contributed by atoms with Crippen LogP contribution in [0.4, 0.5) is 0 Å². The molecule has 0 aromatic heterocycles. The van der Waals surface area contributed by atoms with Crippen LogP contribution in [-0.4, -0.2) is 25.1 Å². The molecule has 1 heterocycles. The molecule has 160 valence electrons. The van der Waals surface area contributed by atoms with Crippen LogP contribution in [0.1, 0.15) is 18.1 Å². The number of hydrogen-bond donors (Lipinski definition) is 0. The molecule has 0 aliphatic carbocycles. The van der Waals surface area contributed by atoms with Gasteiger partial charge in [0, 0.05) is 5.56 Å². The predicted molar refractivity (Wildman–Crippen MR) is 126 cm³/mol. The van der Waals surface area contributed by atoms with E-state index in [1.165, 1.54) is 0 Å². The van der Waals surface area contributed by atoms with E-state index < -0.39 is 5.97 Å². The second-order valence-corrected chi connectivity index (χ2v) is 7.02.